The van der Waals surface area contributed by atoms with Gasteiger partial charge in [-0.05, 0) is 37.1 Å². The molecule has 1 heterocycles. The SMILES string of the molecule is COc1ccc(-c2nn(CCNC(=O)C3CCCC3)c(=O)n2C)cc1. The van der Waals surface area contributed by atoms with E-state index in [0.717, 1.165) is 37.0 Å². The molecule has 1 aliphatic carbocycles. The van der Waals surface area contributed by atoms with Crippen molar-refractivity contribution >= 4 is 5.91 Å². The number of amides is 1. The van der Waals surface area contributed by atoms with Gasteiger partial charge in [0.25, 0.3) is 0 Å². The third-order valence-electron chi connectivity index (χ3n) is 4.74. The Hall–Kier alpha value is -2.57. The molecular weight excluding hydrogens is 320 g/mol. The molecule has 1 aromatic heterocycles. The Morgan fingerprint density at radius 2 is 1.96 bits per heavy atom. The summed E-state index contributed by atoms with van der Waals surface area (Å²) in [4.78, 5) is 24.4. The van der Waals surface area contributed by atoms with E-state index >= 15 is 0 Å². The van der Waals surface area contributed by atoms with Crippen LogP contribution >= 0.6 is 0 Å². The molecule has 3 rings (SSSR count). The Labute approximate surface area is 146 Å². The molecule has 1 N–H and O–H groups in total. The molecule has 134 valence electrons. The van der Waals surface area contributed by atoms with E-state index in [4.69, 9.17) is 4.74 Å². The number of hydrogen-bond acceptors (Lipinski definition) is 4. The van der Waals surface area contributed by atoms with Gasteiger partial charge in [-0.3, -0.25) is 9.36 Å². The largest absolute Gasteiger partial charge is 0.497 e. The standard InChI is InChI=1S/C18H24N4O3/c1-21-16(13-7-9-15(25-2)10-8-13)20-22(18(21)24)12-11-19-17(23)14-5-3-4-6-14/h7-10,14H,3-6,11-12H2,1-2H3,(H,19,23). The minimum absolute atomic E-state index is 0.0943. The normalized spacial score (nSPS) is 14.6. The summed E-state index contributed by atoms with van der Waals surface area (Å²) in [5, 5.41) is 7.32. The molecule has 0 bridgehead atoms. The summed E-state index contributed by atoms with van der Waals surface area (Å²) < 4.78 is 8.06. The summed E-state index contributed by atoms with van der Waals surface area (Å²) in [6, 6.07) is 7.40. The molecule has 0 atom stereocenters. The second-order valence-corrected chi connectivity index (χ2v) is 6.39. The Balaban J connectivity index is 1.66. The molecule has 25 heavy (non-hydrogen) atoms. The molecule has 1 fully saturated rings. The molecule has 1 saturated carbocycles. The van der Waals surface area contributed by atoms with Gasteiger partial charge in [0.05, 0.1) is 13.7 Å². The second kappa shape index (κ2) is 7.55. The van der Waals surface area contributed by atoms with Crippen LogP contribution in [0.4, 0.5) is 0 Å². The zero-order chi connectivity index (χ0) is 17.8. The number of methoxy groups -OCH3 is 1. The minimum Gasteiger partial charge on any atom is -0.497 e. The third-order valence-corrected chi connectivity index (χ3v) is 4.74. The van der Waals surface area contributed by atoms with Crippen molar-refractivity contribution < 1.29 is 9.53 Å². The molecule has 0 spiro atoms. The summed E-state index contributed by atoms with van der Waals surface area (Å²) in [5.41, 5.74) is 0.648. The first-order chi connectivity index (χ1) is 12.1. The fourth-order valence-corrected chi connectivity index (χ4v) is 3.24. The topological polar surface area (TPSA) is 78.2 Å². The molecule has 1 amide bonds. The van der Waals surface area contributed by atoms with Crippen LogP contribution in [0.2, 0.25) is 0 Å². The molecule has 7 heteroatoms. The second-order valence-electron chi connectivity index (χ2n) is 6.39. The highest BCUT2D eigenvalue weighted by Crippen LogP contribution is 2.24. The van der Waals surface area contributed by atoms with Crippen LogP contribution in [0.15, 0.2) is 29.1 Å². The van der Waals surface area contributed by atoms with E-state index in [0.29, 0.717) is 18.9 Å². The highest BCUT2D eigenvalue weighted by molar-refractivity contribution is 5.78. The van der Waals surface area contributed by atoms with E-state index in [2.05, 4.69) is 10.4 Å². The van der Waals surface area contributed by atoms with Crippen molar-refractivity contribution in [3.05, 3.63) is 34.7 Å². The molecule has 7 nitrogen and oxygen atoms in total. The number of carbonyl (C=O) groups is 1. The van der Waals surface area contributed by atoms with Crippen LogP contribution in [0.5, 0.6) is 5.75 Å². The Morgan fingerprint density at radius 1 is 1.28 bits per heavy atom. The Kier molecular flexibility index (Phi) is 5.21. The van der Waals surface area contributed by atoms with Gasteiger partial charge in [0, 0.05) is 25.1 Å². The Bertz CT molecular complexity index is 786. The number of carbonyl (C=O) groups excluding carboxylic acids is 1. The van der Waals surface area contributed by atoms with Gasteiger partial charge in [-0.1, -0.05) is 12.8 Å². The van der Waals surface area contributed by atoms with Crippen molar-refractivity contribution in [2.45, 2.75) is 32.2 Å². The van der Waals surface area contributed by atoms with Gasteiger partial charge in [0.1, 0.15) is 5.75 Å². The maximum absolute atomic E-state index is 12.3. The summed E-state index contributed by atoms with van der Waals surface area (Å²) >= 11 is 0. The van der Waals surface area contributed by atoms with E-state index in [1.54, 1.807) is 14.2 Å². The van der Waals surface area contributed by atoms with E-state index < -0.39 is 0 Å². The molecule has 2 aromatic rings. The molecule has 1 aliphatic rings. The number of aromatic nitrogens is 3. The van der Waals surface area contributed by atoms with Crippen LogP contribution < -0.4 is 15.7 Å². The lowest BCUT2D eigenvalue weighted by Gasteiger charge is -2.09. The molecular formula is C18H24N4O3. The van der Waals surface area contributed by atoms with Gasteiger partial charge < -0.3 is 10.1 Å². The highest BCUT2D eigenvalue weighted by Gasteiger charge is 2.22. The van der Waals surface area contributed by atoms with Crippen molar-refractivity contribution in [1.82, 2.24) is 19.7 Å². The number of rotatable bonds is 6. The van der Waals surface area contributed by atoms with Crippen molar-refractivity contribution in [3.63, 3.8) is 0 Å². The van der Waals surface area contributed by atoms with Gasteiger partial charge in [-0.25, -0.2) is 9.48 Å². The van der Waals surface area contributed by atoms with Crippen molar-refractivity contribution in [2.75, 3.05) is 13.7 Å². The van der Waals surface area contributed by atoms with Crippen LogP contribution in [-0.2, 0) is 18.4 Å². The average molecular weight is 344 g/mol. The molecule has 1 aromatic carbocycles. The summed E-state index contributed by atoms with van der Waals surface area (Å²) in [6.07, 6.45) is 4.19. The predicted molar refractivity (Wildman–Crippen MR) is 94.4 cm³/mol. The maximum atomic E-state index is 12.3. The first-order valence-corrected chi connectivity index (χ1v) is 8.66. The lowest BCUT2D eigenvalue weighted by atomic mass is 10.1. The van der Waals surface area contributed by atoms with Crippen LogP contribution in [0.25, 0.3) is 11.4 Å². The number of benzene rings is 1. The lowest BCUT2D eigenvalue weighted by molar-refractivity contribution is -0.124. The van der Waals surface area contributed by atoms with E-state index in [9.17, 15) is 9.59 Å². The lowest BCUT2D eigenvalue weighted by Crippen LogP contribution is -2.34. The zero-order valence-electron chi connectivity index (χ0n) is 14.7. The van der Waals surface area contributed by atoms with Gasteiger partial charge >= 0.3 is 5.69 Å². The van der Waals surface area contributed by atoms with Crippen LogP contribution in [0, 0.1) is 5.92 Å². The molecule has 0 unspecified atom stereocenters. The first kappa shape index (κ1) is 17.3. The van der Waals surface area contributed by atoms with Gasteiger partial charge in [-0.15, -0.1) is 5.10 Å². The van der Waals surface area contributed by atoms with E-state index in [-0.39, 0.29) is 17.5 Å². The fourth-order valence-electron chi connectivity index (χ4n) is 3.24. The maximum Gasteiger partial charge on any atom is 0.345 e. The van der Waals surface area contributed by atoms with Gasteiger partial charge in [-0.2, -0.15) is 0 Å². The monoisotopic (exact) mass is 344 g/mol. The number of nitrogens with zero attached hydrogens (tertiary/aromatic N) is 3. The first-order valence-electron chi connectivity index (χ1n) is 8.66. The molecule has 0 aliphatic heterocycles. The molecule has 0 saturated heterocycles. The zero-order valence-corrected chi connectivity index (χ0v) is 14.7. The minimum atomic E-state index is -0.194. The quantitative estimate of drug-likeness (QED) is 0.863. The number of hydrogen-bond donors (Lipinski definition) is 1. The van der Waals surface area contributed by atoms with Crippen molar-refractivity contribution in [2.24, 2.45) is 13.0 Å². The summed E-state index contributed by atoms with van der Waals surface area (Å²) in [6.45, 7) is 0.773. The highest BCUT2D eigenvalue weighted by atomic mass is 16.5. The van der Waals surface area contributed by atoms with Gasteiger partial charge in [0.2, 0.25) is 5.91 Å². The smallest absolute Gasteiger partial charge is 0.345 e. The average Bonchev–Trinajstić information content (AvgIpc) is 3.26. The Morgan fingerprint density at radius 3 is 2.60 bits per heavy atom. The van der Waals surface area contributed by atoms with Gasteiger partial charge in [0.15, 0.2) is 5.82 Å². The van der Waals surface area contributed by atoms with Crippen LogP contribution in [-0.4, -0.2) is 33.9 Å². The summed E-state index contributed by atoms with van der Waals surface area (Å²) in [5.74, 6) is 1.57. The fraction of sp³-hybridized carbons (Fsp3) is 0.500. The van der Waals surface area contributed by atoms with Crippen molar-refractivity contribution in [3.8, 4) is 17.1 Å². The van der Waals surface area contributed by atoms with E-state index in [1.165, 1.54) is 9.25 Å². The van der Waals surface area contributed by atoms with E-state index in [1.807, 2.05) is 24.3 Å². The predicted octanol–water partition coefficient (Wildman–Crippen LogP) is 1.56. The summed E-state index contributed by atoms with van der Waals surface area (Å²) in [7, 11) is 3.31. The van der Waals surface area contributed by atoms with Crippen LogP contribution in [0.3, 0.4) is 0 Å². The van der Waals surface area contributed by atoms with Crippen molar-refractivity contribution in [1.29, 1.82) is 0 Å². The number of ether oxygens (including phenoxy) is 1. The van der Waals surface area contributed by atoms with Crippen LogP contribution in [0.1, 0.15) is 25.7 Å². The molecule has 0 radical (unpaired) electrons. The number of nitrogens with one attached hydrogen (secondary N) is 1. The third kappa shape index (κ3) is 3.75.